The fourth-order valence-corrected chi connectivity index (χ4v) is 0.794. The maximum absolute atomic E-state index is 10.8. The minimum atomic E-state index is -0.117. The van der Waals surface area contributed by atoms with Crippen molar-refractivity contribution >= 4 is 5.91 Å². The first-order valence-corrected chi connectivity index (χ1v) is 2.82. The van der Waals surface area contributed by atoms with Gasteiger partial charge in [0.25, 0.3) is 0 Å². The number of carbonyl (C=O) groups is 1. The maximum Gasteiger partial charge on any atom is 0.233 e. The molecule has 1 rings (SSSR count). The summed E-state index contributed by atoms with van der Waals surface area (Å²) in [7, 11) is 1.56. The van der Waals surface area contributed by atoms with Crippen molar-refractivity contribution in [3.63, 3.8) is 0 Å². The third-order valence-corrected chi connectivity index (χ3v) is 1.51. The van der Waals surface area contributed by atoms with Gasteiger partial charge < -0.3 is 10.6 Å². The molecule has 10 heavy (non-hydrogen) atoms. The molecule has 0 saturated carbocycles. The largest absolute Gasteiger partial charge is 0.384 e. The van der Waals surface area contributed by atoms with Gasteiger partial charge in [-0.25, -0.2) is 0 Å². The summed E-state index contributed by atoms with van der Waals surface area (Å²) in [5.74, 6) is 0.168. The fourth-order valence-electron chi connectivity index (χ4n) is 0.794. The molecule has 0 spiro atoms. The summed E-state index contributed by atoms with van der Waals surface area (Å²) in [5.41, 5.74) is 5.75. The molecule has 1 aliphatic rings. The van der Waals surface area contributed by atoms with E-state index in [1.807, 2.05) is 6.07 Å². The minimum Gasteiger partial charge on any atom is -0.384 e. The van der Waals surface area contributed by atoms with Crippen LogP contribution in [0.2, 0.25) is 0 Å². The molecule has 0 aromatic carbocycles. The van der Waals surface area contributed by atoms with Gasteiger partial charge in [0.2, 0.25) is 5.91 Å². The van der Waals surface area contributed by atoms with Crippen molar-refractivity contribution < 1.29 is 4.79 Å². The molecule has 0 aromatic heterocycles. The Labute approximate surface area is 58.5 Å². The second kappa shape index (κ2) is 2.03. The molecule has 0 saturated heterocycles. The Hall–Kier alpha value is -1.50. The number of amides is 1. The van der Waals surface area contributed by atoms with Crippen LogP contribution in [0.4, 0.5) is 0 Å². The van der Waals surface area contributed by atoms with Crippen LogP contribution in [0.15, 0.2) is 11.4 Å². The summed E-state index contributed by atoms with van der Waals surface area (Å²) in [6.45, 7) is 0. The van der Waals surface area contributed by atoms with E-state index in [-0.39, 0.29) is 18.1 Å². The van der Waals surface area contributed by atoms with Crippen LogP contribution in [0.1, 0.15) is 6.42 Å². The molecule has 4 heteroatoms. The van der Waals surface area contributed by atoms with E-state index in [0.717, 1.165) is 0 Å². The first kappa shape index (κ1) is 6.62. The van der Waals surface area contributed by atoms with Crippen LogP contribution in [0.25, 0.3) is 0 Å². The van der Waals surface area contributed by atoms with Crippen LogP contribution >= 0.6 is 0 Å². The van der Waals surface area contributed by atoms with E-state index >= 15 is 0 Å². The number of hydrogen-bond acceptors (Lipinski definition) is 3. The van der Waals surface area contributed by atoms with Crippen molar-refractivity contribution in [2.24, 2.45) is 5.73 Å². The van der Waals surface area contributed by atoms with Gasteiger partial charge in [-0.15, -0.1) is 0 Å². The van der Waals surface area contributed by atoms with Crippen molar-refractivity contribution in [3.8, 4) is 6.07 Å². The standard InChI is InChI=1S/C6H7N3O/c1-9-5(10)2-4(3-7)6(9)8/h2,8H2,1H3. The van der Waals surface area contributed by atoms with Crippen LogP contribution in [-0.2, 0) is 4.79 Å². The summed E-state index contributed by atoms with van der Waals surface area (Å²) in [6, 6.07) is 1.87. The molecular formula is C6H7N3O. The number of rotatable bonds is 0. The highest BCUT2D eigenvalue weighted by Gasteiger charge is 2.24. The van der Waals surface area contributed by atoms with Gasteiger partial charge in [0.15, 0.2) is 0 Å². The lowest BCUT2D eigenvalue weighted by molar-refractivity contribution is -0.126. The molecule has 0 aliphatic carbocycles. The Morgan fingerprint density at radius 2 is 2.40 bits per heavy atom. The molecule has 4 nitrogen and oxygen atoms in total. The van der Waals surface area contributed by atoms with Crippen LogP contribution in [0.3, 0.4) is 0 Å². The zero-order chi connectivity index (χ0) is 7.72. The molecular weight excluding hydrogens is 130 g/mol. The van der Waals surface area contributed by atoms with E-state index in [1.165, 1.54) is 4.90 Å². The summed E-state index contributed by atoms with van der Waals surface area (Å²) in [4.78, 5) is 12.1. The second-order valence-electron chi connectivity index (χ2n) is 2.11. The van der Waals surface area contributed by atoms with Crippen molar-refractivity contribution in [3.05, 3.63) is 11.4 Å². The number of carbonyl (C=O) groups excluding carboxylic acids is 1. The number of hydrogen-bond donors (Lipinski definition) is 1. The summed E-state index contributed by atoms with van der Waals surface area (Å²) in [6.07, 6.45) is 0.152. The van der Waals surface area contributed by atoms with E-state index in [9.17, 15) is 4.79 Å². The van der Waals surface area contributed by atoms with E-state index in [0.29, 0.717) is 5.57 Å². The van der Waals surface area contributed by atoms with Crippen LogP contribution < -0.4 is 5.73 Å². The molecule has 1 heterocycles. The van der Waals surface area contributed by atoms with Crippen molar-refractivity contribution in [1.82, 2.24) is 4.90 Å². The summed E-state index contributed by atoms with van der Waals surface area (Å²) >= 11 is 0. The zero-order valence-corrected chi connectivity index (χ0v) is 5.59. The first-order valence-electron chi connectivity index (χ1n) is 2.82. The number of nitrogens with two attached hydrogens (primary N) is 1. The van der Waals surface area contributed by atoms with E-state index < -0.39 is 0 Å². The highest BCUT2D eigenvalue weighted by molar-refractivity contribution is 5.84. The van der Waals surface area contributed by atoms with Gasteiger partial charge in [-0.05, 0) is 0 Å². The Kier molecular flexibility index (Phi) is 1.34. The second-order valence-corrected chi connectivity index (χ2v) is 2.11. The molecule has 0 aromatic rings. The van der Waals surface area contributed by atoms with Crippen LogP contribution in [0, 0.1) is 11.3 Å². The smallest absolute Gasteiger partial charge is 0.233 e. The zero-order valence-electron chi connectivity index (χ0n) is 5.59. The predicted molar refractivity (Wildman–Crippen MR) is 34.2 cm³/mol. The summed E-state index contributed by atoms with van der Waals surface area (Å²) in [5, 5.41) is 8.41. The van der Waals surface area contributed by atoms with Crippen molar-refractivity contribution in [1.29, 1.82) is 5.26 Å². The molecule has 0 atom stereocenters. The van der Waals surface area contributed by atoms with Gasteiger partial charge >= 0.3 is 0 Å². The normalized spacial score (nSPS) is 18.0. The van der Waals surface area contributed by atoms with Gasteiger partial charge in [-0.1, -0.05) is 0 Å². The predicted octanol–water partition coefficient (Wildman–Crippen LogP) is -0.458. The lowest BCUT2D eigenvalue weighted by atomic mass is 10.2. The van der Waals surface area contributed by atoms with E-state index in [1.54, 1.807) is 7.05 Å². The third kappa shape index (κ3) is 0.722. The SMILES string of the molecule is CN1C(=O)CC(C#N)=C1N. The van der Waals surface area contributed by atoms with Crippen LogP contribution in [0.5, 0.6) is 0 Å². The lowest BCUT2D eigenvalue weighted by Gasteiger charge is -2.07. The van der Waals surface area contributed by atoms with Gasteiger partial charge in [0.1, 0.15) is 5.82 Å². The highest BCUT2D eigenvalue weighted by atomic mass is 16.2. The monoisotopic (exact) mass is 137 g/mol. The third-order valence-electron chi connectivity index (χ3n) is 1.51. The quantitative estimate of drug-likeness (QED) is 0.491. The van der Waals surface area contributed by atoms with Gasteiger partial charge in [0, 0.05) is 7.05 Å². The molecule has 52 valence electrons. The molecule has 0 bridgehead atoms. The van der Waals surface area contributed by atoms with Gasteiger partial charge in [-0.2, -0.15) is 5.26 Å². The molecule has 0 fully saturated rings. The highest BCUT2D eigenvalue weighted by Crippen LogP contribution is 2.16. The Balaban J connectivity index is 2.97. The Morgan fingerprint density at radius 3 is 2.60 bits per heavy atom. The van der Waals surface area contributed by atoms with Crippen molar-refractivity contribution in [2.45, 2.75) is 6.42 Å². The minimum absolute atomic E-state index is 0.117. The molecule has 1 aliphatic heterocycles. The first-order chi connectivity index (χ1) is 4.66. The fraction of sp³-hybridized carbons (Fsp3) is 0.333. The van der Waals surface area contributed by atoms with Crippen molar-refractivity contribution in [2.75, 3.05) is 7.05 Å². The molecule has 0 unspecified atom stereocenters. The average molecular weight is 137 g/mol. The number of nitriles is 1. The summed E-state index contributed by atoms with van der Waals surface area (Å²) < 4.78 is 0. The Bertz CT molecular complexity index is 248. The van der Waals surface area contributed by atoms with Gasteiger partial charge in [-0.3, -0.25) is 4.79 Å². The van der Waals surface area contributed by atoms with E-state index in [4.69, 9.17) is 11.0 Å². The maximum atomic E-state index is 10.8. The van der Waals surface area contributed by atoms with Gasteiger partial charge in [0.05, 0.1) is 18.1 Å². The molecule has 1 amide bonds. The lowest BCUT2D eigenvalue weighted by Crippen LogP contribution is -2.23. The molecule has 2 N–H and O–H groups in total. The number of nitrogens with zero attached hydrogens (tertiary/aromatic N) is 2. The van der Waals surface area contributed by atoms with Crippen LogP contribution in [-0.4, -0.2) is 17.9 Å². The average Bonchev–Trinajstić information content (AvgIpc) is 2.17. The topological polar surface area (TPSA) is 70.1 Å². The molecule has 0 radical (unpaired) electrons. The van der Waals surface area contributed by atoms with E-state index in [2.05, 4.69) is 0 Å². The Morgan fingerprint density at radius 1 is 1.80 bits per heavy atom.